The van der Waals surface area contributed by atoms with Crippen LogP contribution in [0.15, 0.2) is 30.5 Å². The van der Waals surface area contributed by atoms with Crippen molar-refractivity contribution in [2.24, 2.45) is 12.9 Å². The monoisotopic (exact) mass is 259 g/mol. The van der Waals surface area contributed by atoms with Crippen LogP contribution in [0.1, 0.15) is 21.6 Å². The molecule has 0 fully saturated rings. The van der Waals surface area contributed by atoms with Crippen LogP contribution in [-0.4, -0.2) is 15.7 Å². The zero-order chi connectivity index (χ0) is 13.8. The Kier molecular flexibility index (Phi) is 3.82. The molecule has 2 aromatic rings. The van der Waals surface area contributed by atoms with Crippen LogP contribution in [0.4, 0.5) is 5.69 Å². The van der Waals surface area contributed by atoms with Gasteiger partial charge in [0.2, 0.25) is 0 Å². The van der Waals surface area contributed by atoms with E-state index >= 15 is 0 Å². The average Bonchev–Trinajstić information content (AvgIpc) is 2.81. The standard InChI is InChI=1S/C13H17N5O/c1-9-7-10(3-4-12(9)16-14)13(19)15-8-11-5-6-18(2)17-11/h3-7,16H,8,14H2,1-2H3,(H,15,19). The van der Waals surface area contributed by atoms with Gasteiger partial charge in [0, 0.05) is 18.8 Å². The molecule has 0 saturated carbocycles. The molecule has 0 bridgehead atoms. The number of aromatic nitrogens is 2. The van der Waals surface area contributed by atoms with Crippen molar-refractivity contribution in [2.75, 3.05) is 5.43 Å². The summed E-state index contributed by atoms with van der Waals surface area (Å²) in [6.45, 7) is 2.31. The quantitative estimate of drug-likeness (QED) is 0.563. The Bertz CT molecular complexity index is 590. The lowest BCUT2D eigenvalue weighted by atomic mass is 10.1. The van der Waals surface area contributed by atoms with Gasteiger partial charge < -0.3 is 10.7 Å². The first kappa shape index (κ1) is 13.1. The van der Waals surface area contributed by atoms with Crippen LogP contribution in [0.5, 0.6) is 0 Å². The van der Waals surface area contributed by atoms with Crippen molar-refractivity contribution in [2.45, 2.75) is 13.5 Å². The first-order valence-electron chi connectivity index (χ1n) is 5.94. The number of nitrogens with zero attached hydrogens (tertiary/aromatic N) is 2. The fourth-order valence-corrected chi connectivity index (χ4v) is 1.80. The van der Waals surface area contributed by atoms with Gasteiger partial charge in [-0.3, -0.25) is 15.3 Å². The lowest BCUT2D eigenvalue weighted by Gasteiger charge is -2.08. The Morgan fingerprint density at radius 2 is 2.21 bits per heavy atom. The molecule has 1 amide bonds. The summed E-state index contributed by atoms with van der Waals surface area (Å²) in [7, 11) is 1.84. The van der Waals surface area contributed by atoms with Crippen LogP contribution >= 0.6 is 0 Å². The Hall–Kier alpha value is -2.34. The van der Waals surface area contributed by atoms with Crippen LogP contribution in [0.2, 0.25) is 0 Å². The zero-order valence-electron chi connectivity index (χ0n) is 11.0. The third kappa shape index (κ3) is 3.11. The Morgan fingerprint density at radius 1 is 1.42 bits per heavy atom. The van der Waals surface area contributed by atoms with Gasteiger partial charge in [-0.25, -0.2) is 0 Å². The number of amides is 1. The van der Waals surface area contributed by atoms with Crippen molar-refractivity contribution in [1.82, 2.24) is 15.1 Å². The molecular weight excluding hydrogens is 242 g/mol. The topological polar surface area (TPSA) is 85.0 Å². The first-order chi connectivity index (χ1) is 9.10. The predicted molar refractivity (Wildman–Crippen MR) is 73.4 cm³/mol. The number of hydrogen-bond donors (Lipinski definition) is 3. The van der Waals surface area contributed by atoms with Gasteiger partial charge in [0.05, 0.1) is 17.9 Å². The third-order valence-corrected chi connectivity index (χ3v) is 2.84. The number of nitrogens with two attached hydrogens (primary N) is 1. The minimum absolute atomic E-state index is 0.127. The second-order valence-corrected chi connectivity index (χ2v) is 4.34. The van der Waals surface area contributed by atoms with Crippen LogP contribution in [0.3, 0.4) is 0 Å². The lowest BCUT2D eigenvalue weighted by Crippen LogP contribution is -2.23. The molecule has 2 rings (SSSR count). The molecule has 1 heterocycles. The van der Waals surface area contributed by atoms with Gasteiger partial charge in [-0.05, 0) is 36.8 Å². The highest BCUT2D eigenvalue weighted by Gasteiger charge is 2.07. The van der Waals surface area contributed by atoms with E-state index in [9.17, 15) is 4.79 Å². The smallest absolute Gasteiger partial charge is 0.251 e. The number of aryl methyl sites for hydroxylation is 2. The van der Waals surface area contributed by atoms with Crippen molar-refractivity contribution in [1.29, 1.82) is 0 Å². The summed E-state index contributed by atoms with van der Waals surface area (Å²) in [5.74, 6) is 5.23. The summed E-state index contributed by atoms with van der Waals surface area (Å²) < 4.78 is 1.70. The maximum absolute atomic E-state index is 12.0. The van der Waals surface area contributed by atoms with E-state index in [0.717, 1.165) is 16.9 Å². The lowest BCUT2D eigenvalue weighted by molar-refractivity contribution is 0.0950. The Labute approximate surface area is 111 Å². The van der Waals surface area contributed by atoms with Gasteiger partial charge in [-0.15, -0.1) is 0 Å². The molecule has 100 valence electrons. The van der Waals surface area contributed by atoms with Gasteiger partial charge >= 0.3 is 0 Å². The average molecular weight is 259 g/mol. The summed E-state index contributed by atoms with van der Waals surface area (Å²) >= 11 is 0. The number of nitrogen functional groups attached to an aromatic ring is 1. The van der Waals surface area contributed by atoms with Crippen LogP contribution < -0.4 is 16.6 Å². The maximum Gasteiger partial charge on any atom is 0.251 e. The number of nitrogens with one attached hydrogen (secondary N) is 2. The van der Waals surface area contributed by atoms with E-state index in [1.165, 1.54) is 0 Å². The minimum Gasteiger partial charge on any atom is -0.346 e. The Balaban J connectivity index is 2.01. The van der Waals surface area contributed by atoms with Gasteiger partial charge in [0.1, 0.15) is 0 Å². The van der Waals surface area contributed by atoms with Crippen LogP contribution in [0, 0.1) is 6.92 Å². The SMILES string of the molecule is Cc1cc(C(=O)NCc2ccn(C)n2)ccc1NN. The fraction of sp³-hybridized carbons (Fsp3) is 0.231. The molecule has 0 aliphatic carbocycles. The summed E-state index contributed by atoms with van der Waals surface area (Å²) in [5, 5.41) is 7.02. The number of benzene rings is 1. The highest BCUT2D eigenvalue weighted by atomic mass is 16.1. The van der Waals surface area contributed by atoms with E-state index in [-0.39, 0.29) is 5.91 Å². The molecule has 4 N–H and O–H groups in total. The number of carbonyl (C=O) groups is 1. The number of carbonyl (C=O) groups excluding carboxylic acids is 1. The number of anilines is 1. The Morgan fingerprint density at radius 3 is 2.79 bits per heavy atom. The molecule has 19 heavy (non-hydrogen) atoms. The van der Waals surface area contributed by atoms with Gasteiger partial charge in [0.25, 0.3) is 5.91 Å². The van der Waals surface area contributed by atoms with E-state index < -0.39 is 0 Å². The molecule has 0 saturated heterocycles. The molecule has 0 atom stereocenters. The van der Waals surface area contributed by atoms with Crippen molar-refractivity contribution < 1.29 is 4.79 Å². The maximum atomic E-state index is 12.0. The zero-order valence-corrected chi connectivity index (χ0v) is 11.0. The van der Waals surface area contributed by atoms with Crippen molar-refractivity contribution in [3.63, 3.8) is 0 Å². The summed E-state index contributed by atoms with van der Waals surface area (Å²) in [4.78, 5) is 12.0. The molecule has 1 aromatic carbocycles. The van der Waals surface area contributed by atoms with Crippen LogP contribution in [0.25, 0.3) is 0 Å². The van der Waals surface area contributed by atoms with Crippen LogP contribution in [-0.2, 0) is 13.6 Å². The molecule has 6 heteroatoms. The first-order valence-corrected chi connectivity index (χ1v) is 5.94. The van der Waals surface area contributed by atoms with E-state index in [2.05, 4.69) is 15.8 Å². The molecule has 0 unspecified atom stereocenters. The highest BCUT2D eigenvalue weighted by Crippen LogP contribution is 2.15. The van der Waals surface area contributed by atoms with Gasteiger partial charge in [0.15, 0.2) is 0 Å². The van der Waals surface area contributed by atoms with Gasteiger partial charge in [-0.1, -0.05) is 0 Å². The molecular formula is C13H17N5O. The molecule has 0 spiro atoms. The number of hydrazine groups is 1. The normalized spacial score (nSPS) is 10.3. The molecule has 0 radical (unpaired) electrons. The van der Waals surface area contributed by atoms with Crippen molar-refractivity contribution in [3.05, 3.63) is 47.3 Å². The molecule has 6 nitrogen and oxygen atoms in total. The number of rotatable bonds is 4. The second kappa shape index (κ2) is 5.53. The predicted octanol–water partition coefficient (Wildman–Crippen LogP) is 0.944. The van der Waals surface area contributed by atoms with Crippen molar-refractivity contribution in [3.8, 4) is 0 Å². The summed E-state index contributed by atoms with van der Waals surface area (Å²) in [6, 6.07) is 7.18. The fourth-order valence-electron chi connectivity index (χ4n) is 1.80. The minimum atomic E-state index is -0.127. The molecule has 0 aliphatic heterocycles. The summed E-state index contributed by atoms with van der Waals surface area (Å²) in [6.07, 6.45) is 1.84. The van der Waals surface area contributed by atoms with E-state index in [4.69, 9.17) is 5.84 Å². The molecule has 1 aromatic heterocycles. The van der Waals surface area contributed by atoms with Gasteiger partial charge in [-0.2, -0.15) is 5.10 Å². The van der Waals surface area contributed by atoms with E-state index in [1.54, 1.807) is 22.9 Å². The largest absolute Gasteiger partial charge is 0.346 e. The van der Waals surface area contributed by atoms with Crippen molar-refractivity contribution >= 4 is 11.6 Å². The molecule has 0 aliphatic rings. The van der Waals surface area contributed by atoms with E-state index in [1.807, 2.05) is 26.2 Å². The second-order valence-electron chi connectivity index (χ2n) is 4.34. The van der Waals surface area contributed by atoms with E-state index in [0.29, 0.717) is 12.1 Å². The number of hydrogen-bond acceptors (Lipinski definition) is 4. The third-order valence-electron chi connectivity index (χ3n) is 2.84. The highest BCUT2D eigenvalue weighted by molar-refractivity contribution is 5.94. The summed E-state index contributed by atoms with van der Waals surface area (Å²) in [5.41, 5.74) is 5.74.